The van der Waals surface area contributed by atoms with Gasteiger partial charge in [0.05, 0.1) is 30.1 Å². The van der Waals surface area contributed by atoms with Crippen molar-refractivity contribution in [3.8, 4) is 17.1 Å². The summed E-state index contributed by atoms with van der Waals surface area (Å²) < 4.78 is 5.90. The largest absolute Gasteiger partial charge is 0.493 e. The van der Waals surface area contributed by atoms with E-state index >= 15 is 0 Å². The summed E-state index contributed by atoms with van der Waals surface area (Å²) in [6.45, 7) is 0. The van der Waals surface area contributed by atoms with Crippen LogP contribution in [0.5, 0.6) is 5.88 Å². The summed E-state index contributed by atoms with van der Waals surface area (Å²) in [6.07, 6.45) is 1.44. The smallest absolute Gasteiger partial charge is 0.338 e. The Balaban J connectivity index is 2.55. The summed E-state index contributed by atoms with van der Waals surface area (Å²) in [5.41, 5.74) is 1.01. The molecule has 0 saturated carbocycles. The van der Waals surface area contributed by atoms with Crippen molar-refractivity contribution in [3.63, 3.8) is 0 Å². The fourth-order valence-corrected chi connectivity index (χ4v) is 1.69. The molecule has 1 N–H and O–H groups in total. The highest BCUT2D eigenvalue weighted by atomic mass is 35.5. The van der Waals surface area contributed by atoms with Crippen LogP contribution in [0.2, 0.25) is 5.15 Å². The van der Waals surface area contributed by atoms with Crippen molar-refractivity contribution in [1.82, 2.24) is 14.8 Å². The summed E-state index contributed by atoms with van der Waals surface area (Å²) in [5.74, 6) is -0.579. The lowest BCUT2D eigenvalue weighted by atomic mass is 10.1. The quantitative estimate of drug-likeness (QED) is 0.661. The van der Waals surface area contributed by atoms with E-state index in [1.54, 1.807) is 7.05 Å². The Kier molecular flexibility index (Phi) is 3.20. The van der Waals surface area contributed by atoms with Crippen molar-refractivity contribution < 1.29 is 14.6 Å². The molecule has 7 heteroatoms. The number of hydrogen-bond acceptors (Lipinski definition) is 5. The first-order valence-electron chi connectivity index (χ1n) is 5.00. The molecule has 0 radical (unpaired) electrons. The number of aromatic nitrogens is 3. The lowest BCUT2D eigenvalue weighted by molar-refractivity contribution is 0.0600. The molecule has 0 atom stereocenters. The molecule has 0 amide bonds. The molecule has 2 rings (SSSR count). The minimum atomic E-state index is -0.524. The van der Waals surface area contributed by atoms with E-state index in [-0.39, 0.29) is 16.6 Å². The number of pyridine rings is 1. The van der Waals surface area contributed by atoms with Crippen LogP contribution in [0.25, 0.3) is 11.3 Å². The average molecular weight is 268 g/mol. The van der Waals surface area contributed by atoms with Crippen molar-refractivity contribution in [3.05, 3.63) is 29.0 Å². The van der Waals surface area contributed by atoms with E-state index in [0.29, 0.717) is 11.3 Å². The van der Waals surface area contributed by atoms with Crippen molar-refractivity contribution in [2.45, 2.75) is 0 Å². The van der Waals surface area contributed by atoms with Crippen molar-refractivity contribution >= 4 is 17.6 Å². The maximum Gasteiger partial charge on any atom is 0.338 e. The second kappa shape index (κ2) is 4.66. The van der Waals surface area contributed by atoms with Crippen LogP contribution in [0.3, 0.4) is 0 Å². The predicted octanol–water partition coefficient (Wildman–Crippen LogP) is 1.63. The van der Waals surface area contributed by atoms with Gasteiger partial charge in [0.25, 0.3) is 0 Å². The molecule has 0 aliphatic carbocycles. The Morgan fingerprint density at radius 3 is 2.78 bits per heavy atom. The third-order valence-corrected chi connectivity index (χ3v) is 2.59. The number of hydrogen-bond donors (Lipinski definition) is 1. The summed E-state index contributed by atoms with van der Waals surface area (Å²) in [7, 11) is 2.86. The molecule has 0 fully saturated rings. The summed E-state index contributed by atoms with van der Waals surface area (Å²) in [5, 5.41) is 13.8. The number of esters is 1. The Hall–Kier alpha value is -2.08. The van der Waals surface area contributed by atoms with Crippen LogP contribution in [-0.4, -0.2) is 33.0 Å². The average Bonchev–Trinajstić information content (AvgIpc) is 2.68. The highest BCUT2D eigenvalue weighted by molar-refractivity contribution is 6.29. The second-order valence-electron chi connectivity index (χ2n) is 3.56. The molecule has 0 saturated heterocycles. The highest BCUT2D eigenvalue weighted by Gasteiger charge is 2.15. The zero-order valence-electron chi connectivity index (χ0n) is 9.72. The van der Waals surface area contributed by atoms with Gasteiger partial charge in [-0.3, -0.25) is 0 Å². The zero-order valence-corrected chi connectivity index (χ0v) is 10.5. The van der Waals surface area contributed by atoms with Gasteiger partial charge < -0.3 is 9.84 Å². The maximum atomic E-state index is 11.4. The van der Waals surface area contributed by atoms with Gasteiger partial charge in [0.2, 0.25) is 5.88 Å². The number of nitrogens with zero attached hydrogens (tertiary/aromatic N) is 3. The number of rotatable bonds is 2. The van der Waals surface area contributed by atoms with E-state index in [1.165, 1.54) is 30.1 Å². The van der Waals surface area contributed by atoms with E-state index < -0.39 is 5.97 Å². The Morgan fingerprint density at radius 1 is 1.50 bits per heavy atom. The lowest BCUT2D eigenvalue weighted by Crippen LogP contribution is -2.02. The minimum Gasteiger partial charge on any atom is -0.493 e. The summed E-state index contributed by atoms with van der Waals surface area (Å²) in [6, 6.07) is 2.87. The van der Waals surface area contributed by atoms with E-state index in [9.17, 15) is 9.90 Å². The van der Waals surface area contributed by atoms with Gasteiger partial charge in [-0.05, 0) is 12.1 Å². The van der Waals surface area contributed by atoms with Crippen LogP contribution in [0.4, 0.5) is 0 Å². The molecule has 2 heterocycles. The topological polar surface area (TPSA) is 77.2 Å². The van der Waals surface area contributed by atoms with Gasteiger partial charge in [0, 0.05) is 7.05 Å². The van der Waals surface area contributed by atoms with E-state index in [0.717, 1.165) is 0 Å². The SMILES string of the molecule is COC(=O)c1cc(Cl)nc(-c2cnn(C)c2O)c1. The first kappa shape index (κ1) is 12.4. The Bertz CT molecular complexity index is 610. The molecule has 94 valence electrons. The first-order chi connectivity index (χ1) is 8.52. The molecule has 2 aromatic rings. The third-order valence-electron chi connectivity index (χ3n) is 2.40. The Labute approximate surface area is 108 Å². The van der Waals surface area contributed by atoms with Crippen LogP contribution < -0.4 is 0 Å². The van der Waals surface area contributed by atoms with Gasteiger partial charge in [0.15, 0.2) is 0 Å². The van der Waals surface area contributed by atoms with Crippen molar-refractivity contribution in [2.75, 3.05) is 7.11 Å². The van der Waals surface area contributed by atoms with Gasteiger partial charge in [0.1, 0.15) is 5.15 Å². The summed E-state index contributed by atoms with van der Waals surface area (Å²) in [4.78, 5) is 15.5. The van der Waals surface area contributed by atoms with Gasteiger partial charge in [-0.25, -0.2) is 14.5 Å². The number of halogens is 1. The molecule has 2 aromatic heterocycles. The summed E-state index contributed by atoms with van der Waals surface area (Å²) >= 11 is 5.83. The lowest BCUT2D eigenvalue weighted by Gasteiger charge is -2.03. The van der Waals surface area contributed by atoms with Gasteiger partial charge >= 0.3 is 5.97 Å². The van der Waals surface area contributed by atoms with Crippen LogP contribution in [0.15, 0.2) is 18.3 Å². The van der Waals surface area contributed by atoms with Crippen LogP contribution in [-0.2, 0) is 11.8 Å². The van der Waals surface area contributed by atoms with Crippen molar-refractivity contribution in [1.29, 1.82) is 0 Å². The molecule has 0 unspecified atom stereocenters. The van der Waals surface area contributed by atoms with Crippen LogP contribution >= 0.6 is 11.6 Å². The molecule has 18 heavy (non-hydrogen) atoms. The zero-order chi connectivity index (χ0) is 13.3. The number of aryl methyl sites for hydroxylation is 1. The normalized spacial score (nSPS) is 10.4. The standard InChI is InChI=1S/C11H10ClN3O3/c1-15-10(16)7(5-13-15)8-3-6(11(17)18-2)4-9(12)14-8/h3-5,16H,1-2H3. The third kappa shape index (κ3) is 2.14. The van der Waals surface area contributed by atoms with Gasteiger partial charge in [-0.2, -0.15) is 5.10 Å². The minimum absolute atomic E-state index is 0.0550. The molecular formula is C11H10ClN3O3. The van der Waals surface area contributed by atoms with Crippen LogP contribution in [0.1, 0.15) is 10.4 Å². The number of ether oxygens (including phenoxy) is 1. The van der Waals surface area contributed by atoms with E-state index in [4.69, 9.17) is 11.6 Å². The molecule has 0 spiro atoms. The fraction of sp³-hybridized carbons (Fsp3) is 0.182. The number of carbonyl (C=O) groups excluding carboxylic acids is 1. The molecule has 6 nitrogen and oxygen atoms in total. The van der Waals surface area contributed by atoms with Gasteiger partial charge in [-0.15, -0.1) is 0 Å². The second-order valence-corrected chi connectivity index (χ2v) is 3.95. The predicted molar refractivity (Wildman–Crippen MR) is 64.5 cm³/mol. The number of aromatic hydroxyl groups is 1. The van der Waals surface area contributed by atoms with E-state index in [1.807, 2.05) is 0 Å². The Morgan fingerprint density at radius 2 is 2.22 bits per heavy atom. The fourth-order valence-electron chi connectivity index (χ4n) is 1.48. The first-order valence-corrected chi connectivity index (χ1v) is 5.38. The molecule has 0 aliphatic rings. The van der Waals surface area contributed by atoms with Gasteiger partial charge in [-0.1, -0.05) is 11.6 Å². The maximum absolute atomic E-state index is 11.4. The van der Waals surface area contributed by atoms with Crippen LogP contribution in [0, 0.1) is 0 Å². The highest BCUT2D eigenvalue weighted by Crippen LogP contribution is 2.28. The monoisotopic (exact) mass is 267 g/mol. The number of carbonyl (C=O) groups is 1. The molecular weight excluding hydrogens is 258 g/mol. The molecule has 0 aromatic carbocycles. The van der Waals surface area contributed by atoms with Crippen molar-refractivity contribution in [2.24, 2.45) is 7.05 Å². The number of methoxy groups -OCH3 is 1. The van der Waals surface area contributed by atoms with E-state index in [2.05, 4.69) is 14.8 Å². The molecule has 0 bridgehead atoms. The molecule has 0 aliphatic heterocycles.